The molecule has 0 saturated carbocycles. The normalized spacial score (nSPS) is 15.3. The Kier molecular flexibility index (Phi) is 5.92. The quantitative estimate of drug-likeness (QED) is 0.865. The van der Waals surface area contributed by atoms with Crippen molar-refractivity contribution in [3.63, 3.8) is 0 Å². The zero-order chi connectivity index (χ0) is 18.4. The molecule has 2 amide bonds. The van der Waals surface area contributed by atoms with Crippen LogP contribution < -0.4 is 5.32 Å². The molecule has 1 heterocycles. The number of amides is 2. The molecule has 5 heteroatoms. The van der Waals surface area contributed by atoms with Gasteiger partial charge in [-0.1, -0.05) is 48.5 Å². The summed E-state index contributed by atoms with van der Waals surface area (Å²) in [5.41, 5.74) is 3.34. The van der Waals surface area contributed by atoms with Crippen molar-refractivity contribution in [1.82, 2.24) is 10.2 Å². The van der Waals surface area contributed by atoms with Gasteiger partial charge < -0.3 is 20.1 Å². The van der Waals surface area contributed by atoms with Crippen LogP contribution in [0.2, 0.25) is 0 Å². The average molecular weight is 352 g/mol. The molecule has 1 atom stereocenters. The molecule has 2 aromatic carbocycles. The number of hydrogen-bond donors (Lipinski definition) is 2. The number of nitrogens with one attached hydrogen (secondary N) is 1. The Morgan fingerprint density at radius 3 is 2.54 bits per heavy atom. The maximum absolute atomic E-state index is 12.4. The number of phenolic OH excluding ortho intramolecular Hbond substituents is 1. The fraction of sp³-hybridized carbons (Fsp3) is 0.286. The largest absolute Gasteiger partial charge is 0.508 e. The van der Waals surface area contributed by atoms with Crippen molar-refractivity contribution >= 4 is 11.6 Å². The highest BCUT2D eigenvalue weighted by Crippen LogP contribution is 2.24. The molecule has 0 bridgehead atoms. The van der Waals surface area contributed by atoms with E-state index < -0.39 is 0 Å². The number of ether oxygens (including phenoxy) is 1. The van der Waals surface area contributed by atoms with E-state index in [-0.39, 0.29) is 17.9 Å². The van der Waals surface area contributed by atoms with E-state index in [0.29, 0.717) is 19.6 Å². The summed E-state index contributed by atoms with van der Waals surface area (Å²) in [4.78, 5) is 14.2. The molecule has 2 N–H and O–H groups in total. The van der Waals surface area contributed by atoms with Crippen LogP contribution in [0.1, 0.15) is 23.7 Å². The number of carbonyl (C=O) groups excluding carboxylic acids is 1. The van der Waals surface area contributed by atoms with Gasteiger partial charge in [0.25, 0.3) is 0 Å². The van der Waals surface area contributed by atoms with Gasteiger partial charge in [-0.3, -0.25) is 0 Å². The van der Waals surface area contributed by atoms with Crippen molar-refractivity contribution in [2.75, 3.05) is 26.7 Å². The Labute approximate surface area is 153 Å². The topological polar surface area (TPSA) is 61.8 Å². The van der Waals surface area contributed by atoms with E-state index in [9.17, 15) is 9.90 Å². The van der Waals surface area contributed by atoms with Gasteiger partial charge in [0.05, 0.1) is 6.10 Å². The maximum atomic E-state index is 12.4. The number of nitrogens with zero attached hydrogens (tertiary/aromatic N) is 1. The number of aromatic hydroxyl groups is 1. The number of urea groups is 1. The number of phenols is 1. The third kappa shape index (κ3) is 4.43. The molecule has 0 aliphatic carbocycles. The number of hydrogen-bond acceptors (Lipinski definition) is 3. The van der Waals surface area contributed by atoms with E-state index in [1.54, 1.807) is 24.1 Å². The number of rotatable bonds is 5. The van der Waals surface area contributed by atoms with Crippen molar-refractivity contribution in [3.8, 4) is 5.75 Å². The van der Waals surface area contributed by atoms with Crippen LogP contribution in [0.15, 0.2) is 60.7 Å². The summed E-state index contributed by atoms with van der Waals surface area (Å²) in [5, 5.41) is 12.3. The molecule has 1 aliphatic heterocycles. The minimum Gasteiger partial charge on any atom is -0.508 e. The van der Waals surface area contributed by atoms with Crippen LogP contribution in [0.3, 0.4) is 0 Å². The lowest BCUT2D eigenvalue weighted by Gasteiger charge is -2.27. The third-order valence-corrected chi connectivity index (χ3v) is 4.63. The molecule has 0 aromatic heterocycles. The molecule has 5 nitrogen and oxygen atoms in total. The summed E-state index contributed by atoms with van der Waals surface area (Å²) in [6, 6.07) is 17.0. The highest BCUT2D eigenvalue weighted by atomic mass is 16.5. The molecule has 2 aromatic rings. The fourth-order valence-electron chi connectivity index (χ4n) is 3.09. The minimum absolute atomic E-state index is 0.0796. The number of carbonyl (C=O) groups is 1. The zero-order valence-electron chi connectivity index (χ0n) is 14.9. The first kappa shape index (κ1) is 18.0. The summed E-state index contributed by atoms with van der Waals surface area (Å²) >= 11 is 0. The lowest BCUT2D eigenvalue weighted by molar-refractivity contribution is 0.102. The molecule has 0 spiro atoms. The van der Waals surface area contributed by atoms with Gasteiger partial charge in [0, 0.05) is 26.7 Å². The van der Waals surface area contributed by atoms with Crippen molar-refractivity contribution in [2.45, 2.75) is 12.5 Å². The van der Waals surface area contributed by atoms with Gasteiger partial charge in [-0.15, -0.1) is 0 Å². The fourth-order valence-corrected chi connectivity index (χ4v) is 3.09. The monoisotopic (exact) mass is 352 g/mol. The Balaban J connectivity index is 1.54. The van der Waals surface area contributed by atoms with Gasteiger partial charge in [0.1, 0.15) is 5.75 Å². The van der Waals surface area contributed by atoms with Crippen LogP contribution in [0.5, 0.6) is 5.75 Å². The molecular formula is C21H24N2O3. The van der Waals surface area contributed by atoms with Gasteiger partial charge in [-0.05, 0) is 35.3 Å². The Morgan fingerprint density at radius 2 is 1.92 bits per heavy atom. The van der Waals surface area contributed by atoms with E-state index in [1.807, 2.05) is 42.5 Å². The molecule has 3 rings (SSSR count). The number of methoxy groups -OCH3 is 1. The molecule has 1 unspecified atom stereocenters. The van der Waals surface area contributed by atoms with Crippen LogP contribution >= 0.6 is 0 Å². The second kappa shape index (κ2) is 8.54. The average Bonchev–Trinajstić information content (AvgIpc) is 2.70. The summed E-state index contributed by atoms with van der Waals surface area (Å²) < 4.78 is 5.49. The van der Waals surface area contributed by atoms with Crippen LogP contribution in [0, 0.1) is 0 Å². The summed E-state index contributed by atoms with van der Waals surface area (Å²) in [7, 11) is 1.65. The lowest BCUT2D eigenvalue weighted by atomic mass is 9.99. The summed E-state index contributed by atoms with van der Waals surface area (Å²) in [6.07, 6.45) is 2.71. The Morgan fingerprint density at radius 1 is 1.19 bits per heavy atom. The highest BCUT2D eigenvalue weighted by molar-refractivity contribution is 5.76. The molecule has 0 radical (unpaired) electrons. The van der Waals surface area contributed by atoms with Crippen molar-refractivity contribution < 1.29 is 14.6 Å². The smallest absolute Gasteiger partial charge is 0.317 e. The third-order valence-electron chi connectivity index (χ3n) is 4.63. The van der Waals surface area contributed by atoms with Gasteiger partial charge in [0.15, 0.2) is 0 Å². The van der Waals surface area contributed by atoms with E-state index >= 15 is 0 Å². The first-order chi connectivity index (χ1) is 12.7. The molecular weight excluding hydrogens is 328 g/mol. The summed E-state index contributed by atoms with van der Waals surface area (Å²) in [6.45, 7) is 1.68. The minimum atomic E-state index is -0.159. The molecule has 0 fully saturated rings. The van der Waals surface area contributed by atoms with E-state index in [0.717, 1.165) is 17.5 Å². The van der Waals surface area contributed by atoms with Crippen molar-refractivity contribution in [2.24, 2.45) is 0 Å². The standard InChI is InChI=1S/C21H24N2O3/c1-26-20(18-5-3-2-4-6-18)15-22-21(25)23-13-11-17(12-14-23)16-7-9-19(24)10-8-16/h2-11,20,24H,12-15H2,1H3,(H,22,25). The first-order valence-electron chi connectivity index (χ1n) is 8.76. The van der Waals surface area contributed by atoms with Gasteiger partial charge in [-0.2, -0.15) is 0 Å². The predicted octanol–water partition coefficient (Wildman–Crippen LogP) is 3.58. The molecule has 136 valence electrons. The predicted molar refractivity (Wildman–Crippen MR) is 102 cm³/mol. The van der Waals surface area contributed by atoms with Gasteiger partial charge in [0.2, 0.25) is 0 Å². The Bertz CT molecular complexity index is 757. The van der Waals surface area contributed by atoms with Crippen molar-refractivity contribution in [3.05, 3.63) is 71.8 Å². The molecule has 0 saturated heterocycles. The number of benzene rings is 2. The van der Waals surface area contributed by atoms with Crippen LogP contribution in [-0.4, -0.2) is 42.8 Å². The van der Waals surface area contributed by atoms with Gasteiger partial charge in [-0.25, -0.2) is 4.79 Å². The summed E-state index contributed by atoms with van der Waals surface area (Å²) in [5.74, 6) is 0.261. The van der Waals surface area contributed by atoms with Crippen molar-refractivity contribution in [1.29, 1.82) is 0 Å². The Hall–Kier alpha value is -2.79. The molecule has 1 aliphatic rings. The van der Waals surface area contributed by atoms with E-state index in [2.05, 4.69) is 11.4 Å². The second-order valence-electron chi connectivity index (χ2n) is 6.29. The van der Waals surface area contributed by atoms with Gasteiger partial charge >= 0.3 is 6.03 Å². The maximum Gasteiger partial charge on any atom is 0.317 e. The lowest BCUT2D eigenvalue weighted by Crippen LogP contribution is -2.43. The van der Waals surface area contributed by atoms with Crippen LogP contribution in [-0.2, 0) is 4.74 Å². The highest BCUT2D eigenvalue weighted by Gasteiger charge is 2.19. The SMILES string of the molecule is COC(CNC(=O)N1CC=C(c2ccc(O)cc2)CC1)c1ccccc1. The molecule has 26 heavy (non-hydrogen) atoms. The van der Waals surface area contributed by atoms with E-state index in [4.69, 9.17) is 4.74 Å². The van der Waals surface area contributed by atoms with E-state index in [1.165, 1.54) is 5.57 Å². The first-order valence-corrected chi connectivity index (χ1v) is 8.76. The zero-order valence-corrected chi connectivity index (χ0v) is 14.9. The second-order valence-corrected chi connectivity index (χ2v) is 6.29. The van der Waals surface area contributed by atoms with Crippen LogP contribution in [0.4, 0.5) is 4.79 Å². The van der Waals surface area contributed by atoms with Crippen LogP contribution in [0.25, 0.3) is 5.57 Å².